The van der Waals surface area contributed by atoms with Crippen molar-refractivity contribution in [1.29, 1.82) is 0 Å². The van der Waals surface area contributed by atoms with Crippen LogP contribution in [0.2, 0.25) is 20.1 Å². The van der Waals surface area contributed by atoms with E-state index in [1.54, 1.807) is 42.5 Å². The van der Waals surface area contributed by atoms with Gasteiger partial charge in [-0.2, -0.15) is 13.5 Å². The van der Waals surface area contributed by atoms with Crippen molar-refractivity contribution < 1.29 is 14.7 Å². The smallest absolute Gasteiger partial charge is 0.326 e. The number of nitrogens with one attached hydrogen (secondary N) is 1. The molecule has 5 nitrogen and oxygen atoms in total. The number of hydrogen-bond donors (Lipinski definition) is 2. The molecule has 1 amide bonds. The van der Waals surface area contributed by atoms with Crippen LogP contribution in [0.5, 0.6) is 0 Å². The fraction of sp³-hybridized carbons (Fsp3) is 0.0800. The van der Waals surface area contributed by atoms with Crippen molar-refractivity contribution in [3.63, 3.8) is 0 Å². The normalized spacial score (nSPS) is 11.5. The van der Waals surface area contributed by atoms with E-state index in [2.05, 4.69) is 10.3 Å². The summed E-state index contributed by atoms with van der Waals surface area (Å²) in [6.07, 6.45) is 0.0528. The summed E-state index contributed by atoms with van der Waals surface area (Å²) in [6.45, 7) is 0. The number of carbonyl (C=O) groups excluding carboxylic acids is 1. The standard InChI is InChI=1S/C25H16Cl4N2O3.H2S/c26-15-3-1-4-16(27)22(15)20-10-8-14-11-13(7-9-19(14)30-20)12-21(25(33)34)31-24(32)23-17(28)5-2-6-18(23)29;/h1-11,21H,12H2,(H,31,32)(H,33,34);1H2/t21-;/m0./s1. The van der Waals surface area contributed by atoms with Crippen LogP contribution in [0.4, 0.5) is 0 Å². The maximum Gasteiger partial charge on any atom is 0.326 e. The number of rotatable bonds is 6. The van der Waals surface area contributed by atoms with Gasteiger partial charge in [0.2, 0.25) is 0 Å². The van der Waals surface area contributed by atoms with Gasteiger partial charge in [-0.15, -0.1) is 0 Å². The molecule has 0 fully saturated rings. The Morgan fingerprint density at radius 2 is 1.46 bits per heavy atom. The van der Waals surface area contributed by atoms with E-state index in [0.29, 0.717) is 32.4 Å². The molecule has 3 aromatic carbocycles. The van der Waals surface area contributed by atoms with Crippen LogP contribution < -0.4 is 5.32 Å². The molecule has 1 heterocycles. The van der Waals surface area contributed by atoms with Gasteiger partial charge in [0, 0.05) is 17.4 Å². The van der Waals surface area contributed by atoms with Gasteiger partial charge in [-0.3, -0.25) is 4.79 Å². The zero-order valence-electron chi connectivity index (χ0n) is 17.9. The minimum Gasteiger partial charge on any atom is -0.480 e. The average molecular weight is 568 g/mol. The van der Waals surface area contributed by atoms with Crippen LogP contribution in [-0.4, -0.2) is 28.0 Å². The van der Waals surface area contributed by atoms with Gasteiger partial charge in [-0.25, -0.2) is 9.78 Å². The van der Waals surface area contributed by atoms with Gasteiger partial charge in [-0.1, -0.05) is 70.7 Å². The van der Waals surface area contributed by atoms with Gasteiger partial charge >= 0.3 is 5.97 Å². The Labute approximate surface area is 228 Å². The zero-order valence-corrected chi connectivity index (χ0v) is 21.9. The Balaban J connectivity index is 0.00000342. The van der Waals surface area contributed by atoms with E-state index in [-0.39, 0.29) is 35.5 Å². The Morgan fingerprint density at radius 1 is 0.857 bits per heavy atom. The van der Waals surface area contributed by atoms with E-state index in [1.807, 2.05) is 12.1 Å². The first-order valence-corrected chi connectivity index (χ1v) is 11.6. The number of aromatic nitrogens is 1. The number of halogens is 4. The fourth-order valence-electron chi connectivity index (χ4n) is 3.56. The van der Waals surface area contributed by atoms with E-state index in [1.165, 1.54) is 12.1 Å². The second kappa shape index (κ2) is 11.5. The van der Waals surface area contributed by atoms with Crippen molar-refractivity contribution in [2.75, 3.05) is 0 Å². The predicted octanol–water partition coefficient (Wildman–Crippen LogP) is 7.05. The molecule has 10 heteroatoms. The molecule has 0 unspecified atom stereocenters. The van der Waals surface area contributed by atoms with Crippen LogP contribution >= 0.6 is 59.9 Å². The second-order valence-electron chi connectivity index (χ2n) is 7.49. The molecule has 0 bridgehead atoms. The molecule has 35 heavy (non-hydrogen) atoms. The highest BCUT2D eigenvalue weighted by atomic mass is 35.5. The SMILES string of the molecule is O=C(N[C@@H](Cc1ccc2nc(-c3c(Cl)cccc3Cl)ccc2c1)C(=O)O)c1c(Cl)cccc1Cl.S. The van der Waals surface area contributed by atoms with Gasteiger partial charge in [0.05, 0.1) is 36.9 Å². The molecule has 0 aliphatic heterocycles. The molecule has 0 saturated heterocycles. The van der Waals surface area contributed by atoms with Crippen molar-refractivity contribution >= 4 is 82.7 Å². The molecular formula is C25H18Cl4N2O3S. The molecule has 4 rings (SSSR count). The number of hydrogen-bond acceptors (Lipinski definition) is 3. The molecule has 0 aliphatic rings. The van der Waals surface area contributed by atoms with Gasteiger partial charge in [0.15, 0.2) is 0 Å². The maximum atomic E-state index is 12.7. The van der Waals surface area contributed by atoms with Crippen molar-refractivity contribution in [2.45, 2.75) is 12.5 Å². The number of carbonyl (C=O) groups is 2. The molecule has 180 valence electrons. The van der Waals surface area contributed by atoms with Crippen molar-refractivity contribution in [3.05, 3.63) is 97.9 Å². The summed E-state index contributed by atoms with van der Waals surface area (Å²) in [5.41, 5.74) is 2.70. The van der Waals surface area contributed by atoms with Crippen LogP contribution in [-0.2, 0) is 11.2 Å². The van der Waals surface area contributed by atoms with Gasteiger partial charge in [0.1, 0.15) is 6.04 Å². The van der Waals surface area contributed by atoms with Crippen LogP contribution in [0.3, 0.4) is 0 Å². The lowest BCUT2D eigenvalue weighted by molar-refractivity contribution is -0.139. The molecule has 1 atom stereocenters. The number of carboxylic acids is 1. The molecule has 0 aliphatic carbocycles. The summed E-state index contributed by atoms with van der Waals surface area (Å²) in [7, 11) is 0. The Kier molecular flexibility index (Phi) is 8.91. The summed E-state index contributed by atoms with van der Waals surface area (Å²) in [5, 5.41) is 14.2. The number of pyridine rings is 1. The van der Waals surface area contributed by atoms with Crippen LogP contribution in [0.25, 0.3) is 22.2 Å². The third-order valence-electron chi connectivity index (χ3n) is 5.21. The minimum atomic E-state index is -1.19. The fourth-order valence-corrected chi connectivity index (χ4v) is 4.72. The third kappa shape index (κ3) is 6.02. The highest BCUT2D eigenvalue weighted by Gasteiger charge is 2.24. The van der Waals surface area contributed by atoms with E-state index in [0.717, 1.165) is 5.39 Å². The summed E-state index contributed by atoms with van der Waals surface area (Å²) in [4.78, 5) is 29.2. The molecule has 0 spiro atoms. The first-order valence-electron chi connectivity index (χ1n) is 10.1. The van der Waals surface area contributed by atoms with Gasteiger partial charge in [-0.05, 0) is 48.0 Å². The first kappa shape index (κ1) is 27.1. The molecule has 0 saturated carbocycles. The highest BCUT2D eigenvalue weighted by Crippen LogP contribution is 2.34. The molecule has 1 aromatic heterocycles. The van der Waals surface area contributed by atoms with Crippen molar-refractivity contribution in [1.82, 2.24) is 10.3 Å². The summed E-state index contributed by atoms with van der Waals surface area (Å²) in [5.74, 6) is -1.84. The van der Waals surface area contributed by atoms with Gasteiger partial charge in [0.25, 0.3) is 5.91 Å². The van der Waals surface area contributed by atoms with Crippen LogP contribution in [0.1, 0.15) is 15.9 Å². The molecule has 4 aromatic rings. The summed E-state index contributed by atoms with van der Waals surface area (Å²) < 4.78 is 0. The minimum absolute atomic E-state index is 0. The Hall–Kier alpha value is -2.48. The van der Waals surface area contributed by atoms with Gasteiger partial charge < -0.3 is 10.4 Å². The third-order valence-corrected chi connectivity index (χ3v) is 6.47. The maximum absolute atomic E-state index is 12.7. The number of carboxylic acid groups (broad SMARTS) is 1. The summed E-state index contributed by atoms with van der Waals surface area (Å²) >= 11 is 24.7. The topological polar surface area (TPSA) is 79.3 Å². The number of nitrogens with zero attached hydrogens (tertiary/aromatic N) is 1. The zero-order chi connectivity index (χ0) is 24.4. The molecule has 2 N–H and O–H groups in total. The number of benzene rings is 3. The quantitative estimate of drug-likeness (QED) is 0.261. The highest BCUT2D eigenvalue weighted by molar-refractivity contribution is 7.59. The lowest BCUT2D eigenvalue weighted by atomic mass is 10.0. The van der Waals surface area contributed by atoms with E-state index >= 15 is 0 Å². The summed E-state index contributed by atoms with van der Waals surface area (Å²) in [6, 6.07) is 17.7. The monoisotopic (exact) mass is 566 g/mol. The molecular weight excluding hydrogens is 550 g/mol. The molecule has 0 radical (unpaired) electrons. The Bertz CT molecular complexity index is 1390. The first-order chi connectivity index (χ1) is 16.2. The number of fused-ring (bicyclic) bond motifs is 1. The van der Waals surface area contributed by atoms with Crippen molar-refractivity contribution in [3.8, 4) is 11.3 Å². The second-order valence-corrected chi connectivity index (χ2v) is 9.11. The van der Waals surface area contributed by atoms with E-state index in [9.17, 15) is 14.7 Å². The predicted molar refractivity (Wildman–Crippen MR) is 147 cm³/mol. The largest absolute Gasteiger partial charge is 0.480 e. The van der Waals surface area contributed by atoms with Crippen molar-refractivity contribution in [2.24, 2.45) is 0 Å². The average Bonchev–Trinajstić information content (AvgIpc) is 2.78. The van der Waals surface area contributed by atoms with Crippen LogP contribution in [0.15, 0.2) is 66.7 Å². The van der Waals surface area contributed by atoms with E-state index in [4.69, 9.17) is 46.4 Å². The van der Waals surface area contributed by atoms with Crippen LogP contribution in [0, 0.1) is 0 Å². The van der Waals surface area contributed by atoms with E-state index < -0.39 is 17.9 Å². The number of aliphatic carboxylic acids is 1. The Morgan fingerprint density at radius 3 is 2.06 bits per heavy atom. The number of amides is 1. The lowest BCUT2D eigenvalue weighted by Crippen LogP contribution is -2.42. The lowest BCUT2D eigenvalue weighted by Gasteiger charge is -2.16.